The van der Waals surface area contributed by atoms with E-state index in [2.05, 4.69) is 134 Å². The molecule has 0 atom stereocenters. The number of furan rings is 1. The van der Waals surface area contributed by atoms with Crippen LogP contribution in [-0.2, 0) is 20.1 Å². The Morgan fingerprint density at radius 1 is 0.733 bits per heavy atom. The molecule has 0 saturated heterocycles. The van der Waals surface area contributed by atoms with Crippen LogP contribution in [-0.4, -0.2) is 32.8 Å². The zero-order valence-corrected chi connectivity index (χ0v) is 40.2. The minimum atomic E-state index is -2.20. The van der Waals surface area contributed by atoms with E-state index in [1.54, 1.807) is 18.2 Å². The molecule has 0 aliphatic carbocycles. The standard InChI is InChI=1S/C32H31N2.C21H21GeN2O.Ir/c1-21(2)27-19-26(24-13-7-6-8-14-24)20-28(22(3)4)31(27)34-30-17-10-9-16-29(30)33-32(34)25-15-11-12-23(5)18-25;1-13-11-19(23-12-18(13)22(3,4)5)17-8-6-7-15-16-10-9-14(2)24-21(16)25-20(15)17;/h6-14,16-22H,1-5H3;6-7,9-12H,1-5H3;/q2*-1;/i5D3;;. The van der Waals surface area contributed by atoms with Crippen LogP contribution in [0.4, 0.5) is 0 Å². The molecular formula is C53H52GeIrN4O-2. The molecule has 0 N–H and O–H groups in total. The van der Waals surface area contributed by atoms with Crippen LogP contribution in [0, 0.1) is 32.8 Å². The molecule has 305 valence electrons. The minimum absolute atomic E-state index is 0. The molecule has 0 aliphatic rings. The maximum atomic E-state index is 7.94. The predicted octanol–water partition coefficient (Wildman–Crippen LogP) is 13.7. The molecule has 5 nitrogen and oxygen atoms in total. The first-order valence-electron chi connectivity index (χ1n) is 21.9. The van der Waals surface area contributed by atoms with Gasteiger partial charge in [-0.25, -0.2) is 0 Å². The number of fused-ring (bicyclic) bond motifs is 4. The Bertz CT molecular complexity index is 3060. The molecular weight excluding hydrogens is 973 g/mol. The van der Waals surface area contributed by atoms with Crippen molar-refractivity contribution in [2.45, 2.75) is 77.5 Å². The number of imidazole rings is 1. The Kier molecular flexibility index (Phi) is 11.4. The molecule has 9 rings (SSSR count). The normalized spacial score (nSPS) is 12.6. The molecule has 0 unspecified atom stereocenters. The molecule has 1 radical (unpaired) electrons. The summed E-state index contributed by atoms with van der Waals surface area (Å²) in [4.78, 5) is 14.3. The summed E-state index contributed by atoms with van der Waals surface area (Å²) < 4.78 is 33.5. The summed E-state index contributed by atoms with van der Waals surface area (Å²) in [7, 11) is 0. The number of hydrogen-bond donors (Lipinski definition) is 0. The second-order valence-corrected chi connectivity index (χ2v) is 27.6. The first-order valence-corrected chi connectivity index (χ1v) is 27.8. The summed E-state index contributed by atoms with van der Waals surface area (Å²) in [5.41, 5.74) is 14.3. The molecule has 60 heavy (non-hydrogen) atoms. The predicted molar refractivity (Wildman–Crippen MR) is 250 cm³/mol. The number of benzene rings is 5. The fourth-order valence-electron chi connectivity index (χ4n) is 8.03. The molecule has 0 bridgehead atoms. The van der Waals surface area contributed by atoms with E-state index in [0.29, 0.717) is 17.1 Å². The third-order valence-corrected chi connectivity index (χ3v) is 15.4. The van der Waals surface area contributed by atoms with Gasteiger partial charge < -0.3 is 4.57 Å². The molecule has 4 heterocycles. The Hall–Kier alpha value is -5.14. The molecule has 0 spiro atoms. The van der Waals surface area contributed by atoms with Crippen LogP contribution in [0.3, 0.4) is 0 Å². The van der Waals surface area contributed by atoms with E-state index in [1.165, 1.54) is 32.2 Å². The molecule has 5 aromatic carbocycles. The van der Waals surface area contributed by atoms with Gasteiger partial charge >= 0.3 is 150 Å². The third kappa shape index (κ3) is 8.43. The van der Waals surface area contributed by atoms with Crippen LogP contribution in [0.25, 0.3) is 72.6 Å². The first-order chi connectivity index (χ1) is 29.5. The minimum Gasteiger partial charge on any atom is -0.333 e. The Morgan fingerprint density at radius 3 is 2.12 bits per heavy atom. The van der Waals surface area contributed by atoms with Crippen LogP contribution in [0.15, 0.2) is 126 Å². The molecule has 7 heteroatoms. The van der Waals surface area contributed by atoms with Gasteiger partial charge in [-0.15, -0.1) is 35.4 Å². The molecule has 4 aromatic heterocycles. The van der Waals surface area contributed by atoms with Crippen LogP contribution in [0.1, 0.15) is 71.6 Å². The fraction of sp³-hybridized carbons (Fsp3) is 0.226. The van der Waals surface area contributed by atoms with Gasteiger partial charge in [-0.3, -0.25) is 4.98 Å². The van der Waals surface area contributed by atoms with Crippen molar-refractivity contribution >= 4 is 50.8 Å². The summed E-state index contributed by atoms with van der Waals surface area (Å²) in [6, 6.07) is 45.0. The average Bonchev–Trinajstić information content (AvgIpc) is 3.81. The van der Waals surface area contributed by atoms with Gasteiger partial charge in [0.2, 0.25) is 0 Å². The number of hydrogen-bond acceptors (Lipinski definition) is 4. The summed E-state index contributed by atoms with van der Waals surface area (Å²) in [5.74, 6) is 8.38. The third-order valence-electron chi connectivity index (χ3n) is 11.0. The molecule has 0 amide bonds. The van der Waals surface area contributed by atoms with Gasteiger partial charge in [0, 0.05) is 29.9 Å². The second-order valence-electron chi connectivity index (χ2n) is 17.1. The van der Waals surface area contributed by atoms with E-state index in [4.69, 9.17) is 18.5 Å². The largest absolute Gasteiger partial charge is 0.333 e. The van der Waals surface area contributed by atoms with E-state index in [0.717, 1.165) is 50.0 Å². The van der Waals surface area contributed by atoms with Gasteiger partial charge in [-0.2, -0.15) is 0 Å². The molecule has 9 aromatic rings. The van der Waals surface area contributed by atoms with Crippen LogP contribution < -0.4 is 4.40 Å². The zero-order chi connectivity index (χ0) is 44.1. The van der Waals surface area contributed by atoms with Gasteiger partial charge in [-0.1, -0.05) is 77.0 Å². The summed E-state index contributed by atoms with van der Waals surface area (Å²) in [6.45, 7) is 10.8. The second kappa shape index (κ2) is 17.5. The fourth-order valence-corrected chi connectivity index (χ4v) is 11.6. The van der Waals surface area contributed by atoms with Gasteiger partial charge in [0.25, 0.3) is 0 Å². The first kappa shape index (κ1) is 39.0. The molecule has 0 saturated carbocycles. The molecule has 0 aliphatic heterocycles. The van der Waals surface area contributed by atoms with Crippen molar-refractivity contribution in [3.8, 4) is 39.5 Å². The summed E-state index contributed by atoms with van der Waals surface area (Å²) in [6.07, 6.45) is 2.06. The number of aromatic nitrogens is 4. The number of pyridine rings is 2. The molecule has 0 fully saturated rings. The monoisotopic (exact) mass is 1030 g/mol. The topological polar surface area (TPSA) is 56.7 Å². The van der Waals surface area contributed by atoms with Gasteiger partial charge in [0.05, 0.1) is 16.9 Å². The van der Waals surface area contributed by atoms with Crippen LogP contribution in [0.5, 0.6) is 0 Å². The van der Waals surface area contributed by atoms with Crippen molar-refractivity contribution in [2.75, 3.05) is 0 Å². The Balaban J connectivity index is 0.000000200. The summed E-state index contributed by atoms with van der Waals surface area (Å²) >= 11 is -1.91. The SMILES string of the molecule is Cc1ccc2c(n1)oc1c(-c3cc(C)[c]([Ge]([CH3])([CH3])[CH3])cn3)[c-]ccc12.[2H]C([2H])([2H])c1cc[c-]c(-c2nc3ccccc3n2-c2c(C(C)C)cc(-c3ccccc3)cc2C(C)C)c1.[Ir]. The van der Waals surface area contributed by atoms with Gasteiger partial charge in [0.1, 0.15) is 0 Å². The van der Waals surface area contributed by atoms with E-state index in [-0.39, 0.29) is 37.5 Å². The smallest absolute Gasteiger partial charge is 0.0774 e. The van der Waals surface area contributed by atoms with E-state index >= 15 is 0 Å². The Morgan fingerprint density at radius 2 is 1.43 bits per heavy atom. The number of para-hydroxylation sites is 2. The van der Waals surface area contributed by atoms with Crippen molar-refractivity contribution in [2.24, 2.45) is 0 Å². The maximum absolute atomic E-state index is 7.94. The number of nitrogens with zero attached hydrogens (tertiary/aromatic N) is 4. The van der Waals surface area contributed by atoms with Gasteiger partial charge in [-0.05, 0) is 58.4 Å². The van der Waals surface area contributed by atoms with Crippen molar-refractivity contribution < 1.29 is 28.6 Å². The maximum Gasteiger partial charge on any atom is 0.0774 e. The van der Waals surface area contributed by atoms with Crippen LogP contribution in [0.2, 0.25) is 17.3 Å². The van der Waals surface area contributed by atoms with E-state index in [9.17, 15) is 0 Å². The van der Waals surface area contributed by atoms with Crippen LogP contribution >= 0.6 is 0 Å². The van der Waals surface area contributed by atoms with Crippen molar-refractivity contribution in [1.82, 2.24) is 19.5 Å². The quantitative estimate of drug-likeness (QED) is 0.118. The summed E-state index contributed by atoms with van der Waals surface area (Å²) in [5, 5.41) is 2.10. The number of aryl methyl sites for hydroxylation is 3. The Labute approximate surface area is 375 Å². The average molecular weight is 1030 g/mol. The van der Waals surface area contributed by atoms with Gasteiger partial charge in [0.15, 0.2) is 0 Å². The van der Waals surface area contributed by atoms with E-state index in [1.807, 2.05) is 49.4 Å². The van der Waals surface area contributed by atoms with Crippen molar-refractivity contribution in [1.29, 1.82) is 0 Å². The number of rotatable bonds is 7. The van der Waals surface area contributed by atoms with Crippen molar-refractivity contribution in [3.63, 3.8) is 0 Å². The van der Waals surface area contributed by atoms with Crippen molar-refractivity contribution in [3.05, 3.63) is 162 Å². The van der Waals surface area contributed by atoms with E-state index < -0.39 is 20.1 Å². The zero-order valence-electron chi connectivity index (χ0n) is 38.7.